The Hall–Kier alpha value is -6.98. The molecule has 1 amide bonds. The number of rotatable bonds is 22. The fourth-order valence-corrected chi connectivity index (χ4v) is 9.62. The van der Waals surface area contributed by atoms with Crippen molar-refractivity contribution in [1.82, 2.24) is 34.4 Å². The van der Waals surface area contributed by atoms with Gasteiger partial charge in [0.25, 0.3) is 6.33 Å². The van der Waals surface area contributed by atoms with E-state index < -0.39 is 53.7 Å². The number of nitrogens with two attached hydrogens (primary N) is 1. The molecule has 0 bridgehead atoms. The zero-order valence-corrected chi connectivity index (χ0v) is 44.1. The molecule has 408 valence electrons. The van der Waals surface area contributed by atoms with Crippen LogP contribution in [0, 0.1) is 17.6 Å². The molecule has 5 heterocycles. The number of carbonyl (C=O) groups excluding carboxylic acids is 2. The van der Waals surface area contributed by atoms with Crippen LogP contribution in [0.15, 0.2) is 109 Å². The fourth-order valence-electron chi connectivity index (χ4n) is 9.62. The van der Waals surface area contributed by atoms with Crippen LogP contribution < -0.4 is 53.2 Å². The van der Waals surface area contributed by atoms with Gasteiger partial charge in [0.05, 0.1) is 31.0 Å². The first-order valence-electron chi connectivity index (χ1n) is 25.3. The molecule has 4 N–H and O–H groups in total. The van der Waals surface area contributed by atoms with Crippen LogP contribution in [-0.2, 0) is 37.8 Å². The Morgan fingerprint density at radius 2 is 1.68 bits per heavy atom. The maximum absolute atomic E-state index is 15.7. The van der Waals surface area contributed by atoms with E-state index in [2.05, 4.69) is 30.3 Å². The van der Waals surface area contributed by atoms with Gasteiger partial charge in [-0.15, -0.1) is 4.68 Å². The molecule has 0 saturated carbocycles. The molecule has 20 nitrogen and oxygen atoms in total. The van der Waals surface area contributed by atoms with Gasteiger partial charge in [0.2, 0.25) is 12.6 Å². The van der Waals surface area contributed by atoms with Crippen LogP contribution in [0.1, 0.15) is 69.9 Å². The van der Waals surface area contributed by atoms with Crippen LogP contribution in [0.4, 0.5) is 30.8 Å². The summed E-state index contributed by atoms with van der Waals surface area (Å²) >= 11 is 0. The summed E-state index contributed by atoms with van der Waals surface area (Å²) in [5.74, 6) is -1.26. The molecule has 6 aromatic rings. The Morgan fingerprint density at radius 3 is 2.34 bits per heavy atom. The summed E-state index contributed by atoms with van der Waals surface area (Å²) < 4.78 is 59.8. The van der Waals surface area contributed by atoms with Gasteiger partial charge in [0.1, 0.15) is 54.3 Å². The van der Waals surface area contributed by atoms with Crippen LogP contribution in [0.25, 0.3) is 5.69 Å². The number of anilines is 3. The number of amides is 1. The summed E-state index contributed by atoms with van der Waals surface area (Å²) in [6.45, 7) is 9.58. The predicted molar refractivity (Wildman–Crippen MR) is 274 cm³/mol. The number of benzene rings is 3. The minimum atomic E-state index is -1.24. The van der Waals surface area contributed by atoms with E-state index >= 15 is 4.39 Å². The van der Waals surface area contributed by atoms with Gasteiger partial charge in [0, 0.05) is 85.9 Å². The van der Waals surface area contributed by atoms with Gasteiger partial charge >= 0.3 is 17.8 Å². The summed E-state index contributed by atoms with van der Waals surface area (Å²) in [4.78, 5) is 49.3. The summed E-state index contributed by atoms with van der Waals surface area (Å²) in [6, 6.07) is 21.4. The first-order valence-corrected chi connectivity index (χ1v) is 25.3. The van der Waals surface area contributed by atoms with E-state index in [0.29, 0.717) is 42.7 Å². The molecule has 2 saturated heterocycles. The molecule has 1 unspecified atom stereocenters. The number of aliphatic hydroxyl groups is 1. The van der Waals surface area contributed by atoms with Crippen molar-refractivity contribution in [3.8, 4) is 11.4 Å². The fraction of sp³-hybridized carbons (Fsp3) is 0.453. The number of esters is 1. The monoisotopic (exact) mass is 1070 g/mol. The molecule has 6 atom stereocenters. The lowest BCUT2D eigenvalue weighted by Gasteiger charge is -2.37. The van der Waals surface area contributed by atoms with Crippen molar-refractivity contribution in [2.45, 2.75) is 89.6 Å². The Kier molecular flexibility index (Phi) is 19.2. The number of nitrogens with one attached hydrogen (secondary N) is 1. The van der Waals surface area contributed by atoms with E-state index in [-0.39, 0.29) is 61.8 Å². The summed E-state index contributed by atoms with van der Waals surface area (Å²) in [7, 11) is 3.32. The molecule has 2 aliphatic rings. The molecule has 0 aliphatic carbocycles. The second kappa shape index (κ2) is 25.7. The highest BCUT2D eigenvalue weighted by Crippen LogP contribution is 2.42. The smallest absolute Gasteiger partial charge is 0.418 e. The van der Waals surface area contributed by atoms with Crippen molar-refractivity contribution in [2.24, 2.45) is 11.7 Å². The highest BCUT2D eigenvalue weighted by Gasteiger charge is 2.46. The number of aliphatic hydroxyl groups excluding tert-OH is 1. The third kappa shape index (κ3) is 13.3. The molecule has 3 aromatic carbocycles. The summed E-state index contributed by atoms with van der Waals surface area (Å²) in [5.41, 5.74) is 7.96. The number of hydrogen-bond acceptors (Lipinski definition) is 15. The predicted octanol–water partition coefficient (Wildman–Crippen LogP) is 2.03. The van der Waals surface area contributed by atoms with Crippen molar-refractivity contribution in [3.05, 3.63) is 137 Å². The van der Waals surface area contributed by atoms with Gasteiger partial charge in [-0.2, -0.15) is 9.67 Å². The number of hydrogen-bond donors (Lipinski definition) is 3. The second-order valence-electron chi connectivity index (χ2n) is 19.1. The minimum absolute atomic E-state index is 0. The normalized spacial score (nSPS) is 18.1. The second-order valence-corrected chi connectivity index (χ2v) is 19.1. The average molecular weight is 1070 g/mol. The lowest BCUT2D eigenvalue weighted by molar-refractivity contribution is -0.753. The average Bonchev–Trinajstić information content (AvgIpc) is 4.16. The lowest BCUT2D eigenvalue weighted by atomic mass is 9.87. The van der Waals surface area contributed by atoms with Crippen LogP contribution >= 0.6 is 0 Å². The van der Waals surface area contributed by atoms with E-state index in [1.54, 1.807) is 41.6 Å². The molecule has 23 heteroatoms. The number of carbonyl (C=O) groups is 2. The van der Waals surface area contributed by atoms with Gasteiger partial charge in [0.15, 0.2) is 0 Å². The number of aromatic nitrogens is 7. The first kappa shape index (κ1) is 56.7. The maximum Gasteiger partial charge on any atom is 0.418 e. The molecule has 3 aromatic heterocycles. The maximum atomic E-state index is 15.7. The molecule has 2 fully saturated rings. The van der Waals surface area contributed by atoms with E-state index in [0.717, 1.165) is 50.2 Å². The van der Waals surface area contributed by atoms with E-state index in [1.165, 1.54) is 52.2 Å². The topological polar surface area (TPSA) is 213 Å². The SMILES string of the molecule is CC[C@@H]([C@H](C)O)n1ncn(-c2ccc(N3CCN(c4ccc(OC[C@@H]5CO[C@@](Cn6c[n+](C(C)OC(=O)N(C)c7ncccc7COC(=O)[C@@H](N)CCCNC)cn6)(c6ccc(F)cc6F)C5)cc4)CC3)cc2)c1=O.[Cl-]. The van der Waals surface area contributed by atoms with Crippen LogP contribution in [-0.4, -0.2) is 118 Å². The summed E-state index contributed by atoms with van der Waals surface area (Å²) in [5, 5.41) is 21.9. The van der Waals surface area contributed by atoms with Crippen LogP contribution in [0.3, 0.4) is 0 Å². The highest BCUT2D eigenvalue weighted by molar-refractivity contribution is 5.86. The third-order valence-electron chi connectivity index (χ3n) is 13.9. The zero-order chi connectivity index (χ0) is 53.2. The molecule has 0 radical (unpaired) electrons. The molecular weight excluding hydrogens is 1010 g/mol. The quantitative estimate of drug-likeness (QED) is 0.0505. The standard InChI is InChI=1S/C53H67F2N12O8.ClH/c1-6-48(36(2)68)67-51(70)66(34-60-67)43-14-12-41(13-15-43)62-23-25-63(26-24-62)42-16-18-44(19-17-42)72-29-38-28-53(74-30-38,45-20-11-40(54)27-46(45)55)32-65-35-64(33-59-65)37(3)75-52(71)61(5)49-39(9-7-22-58-49)31-73-50(69)47(56)10-8-21-57-4;/h7,9,11-20,22,27,33-38,47-48,57,68H,6,8,10,21,23-26,28-32,56H2,1-5H3;1H/q+1;/p-1/t36-,37?,38+,47-,48-,53-;/m0./s1. The van der Waals surface area contributed by atoms with Gasteiger partial charge < -0.3 is 57.3 Å². The van der Waals surface area contributed by atoms with Gasteiger partial charge in [-0.3, -0.25) is 9.69 Å². The van der Waals surface area contributed by atoms with Crippen molar-refractivity contribution < 1.29 is 59.4 Å². The molecule has 8 rings (SSSR count). The zero-order valence-electron chi connectivity index (χ0n) is 43.4. The van der Waals surface area contributed by atoms with E-state index in [9.17, 15) is 23.9 Å². The Balaban J connectivity index is 0.00000840. The third-order valence-corrected chi connectivity index (χ3v) is 13.9. The van der Waals surface area contributed by atoms with Crippen molar-refractivity contribution in [2.75, 3.05) is 74.7 Å². The van der Waals surface area contributed by atoms with Crippen molar-refractivity contribution in [3.63, 3.8) is 0 Å². The number of ether oxygens (including phenoxy) is 4. The van der Waals surface area contributed by atoms with E-state index in [1.807, 2.05) is 62.5 Å². The molecule has 2 aliphatic heterocycles. The first-order chi connectivity index (χ1) is 36.2. The number of pyridine rings is 1. The number of piperazine rings is 1. The van der Waals surface area contributed by atoms with Crippen molar-refractivity contribution in [1.29, 1.82) is 0 Å². The van der Waals surface area contributed by atoms with Gasteiger partial charge in [-0.1, -0.05) is 19.1 Å². The number of nitrogens with zero attached hydrogens (tertiary/aromatic N) is 10. The van der Waals surface area contributed by atoms with Gasteiger partial charge in [-0.25, -0.2) is 32.6 Å². The largest absolute Gasteiger partial charge is 1.00 e. The molecule has 0 spiro atoms. The minimum Gasteiger partial charge on any atom is -1.00 e. The highest BCUT2D eigenvalue weighted by atomic mass is 35.5. The molecular formula is C53H67ClF2N12O8. The van der Waals surface area contributed by atoms with E-state index in [4.69, 9.17) is 24.7 Å². The molecule has 76 heavy (non-hydrogen) atoms. The summed E-state index contributed by atoms with van der Waals surface area (Å²) in [6.07, 6.45) is 5.90. The Morgan fingerprint density at radius 1 is 1.00 bits per heavy atom. The Bertz CT molecular complexity index is 2920. The lowest BCUT2D eigenvalue weighted by Crippen LogP contribution is -3.00. The van der Waals surface area contributed by atoms with Crippen LogP contribution in [0.5, 0.6) is 5.75 Å². The Labute approximate surface area is 446 Å². The van der Waals surface area contributed by atoms with Crippen molar-refractivity contribution >= 4 is 29.3 Å². The number of halogens is 3. The van der Waals surface area contributed by atoms with Gasteiger partial charge in [-0.05, 0) is 107 Å². The van der Waals surface area contributed by atoms with Crippen LogP contribution in [0.2, 0.25) is 0 Å².